The van der Waals surface area contributed by atoms with Gasteiger partial charge in [0.2, 0.25) is 0 Å². The first-order valence-corrected chi connectivity index (χ1v) is 42.1. The van der Waals surface area contributed by atoms with E-state index in [4.69, 9.17) is 18.5 Å². The summed E-state index contributed by atoms with van der Waals surface area (Å²) in [5.74, 6) is -0.810. The number of hydrogen-bond donors (Lipinski definition) is 0. The lowest BCUT2D eigenvalue weighted by molar-refractivity contribution is -0.870. The Labute approximate surface area is 584 Å². The quantitative estimate of drug-likeness (QED) is 0.0195. The van der Waals surface area contributed by atoms with Crippen molar-refractivity contribution in [2.45, 2.75) is 405 Å². The summed E-state index contributed by atoms with van der Waals surface area (Å²) in [7, 11) is 1.19. The van der Waals surface area contributed by atoms with Crippen molar-refractivity contribution in [3.8, 4) is 0 Å². The molecule has 0 aromatic heterocycles. The lowest BCUT2D eigenvalue weighted by atomic mass is 10.0. The van der Waals surface area contributed by atoms with Gasteiger partial charge >= 0.3 is 11.9 Å². The van der Waals surface area contributed by atoms with E-state index in [0.29, 0.717) is 17.4 Å². The molecule has 0 aromatic rings. The number of likely N-dealkylation sites (N-methyl/N-ethyl adjacent to an activating group) is 1. The van der Waals surface area contributed by atoms with Crippen molar-refractivity contribution in [2.75, 3.05) is 47.5 Å². The van der Waals surface area contributed by atoms with Crippen LogP contribution in [0.3, 0.4) is 0 Å². The lowest BCUT2D eigenvalue weighted by Crippen LogP contribution is -2.37. The third kappa shape index (κ3) is 78.4. The number of carbonyl (C=O) groups excluding carboxylic acids is 2. The van der Waals surface area contributed by atoms with Gasteiger partial charge in [0.15, 0.2) is 6.10 Å². The van der Waals surface area contributed by atoms with E-state index >= 15 is 0 Å². The van der Waals surface area contributed by atoms with Crippen LogP contribution in [0.4, 0.5) is 0 Å². The smallest absolute Gasteiger partial charge is 0.306 e. The number of hydrogen-bond acceptors (Lipinski definition) is 8. The van der Waals surface area contributed by atoms with Crippen molar-refractivity contribution < 1.29 is 42.1 Å². The Morgan fingerprint density at radius 1 is 0.340 bits per heavy atom. The molecule has 0 N–H and O–H groups in total. The molecule has 94 heavy (non-hydrogen) atoms. The van der Waals surface area contributed by atoms with Crippen molar-refractivity contribution in [3.05, 3.63) is 72.9 Å². The van der Waals surface area contributed by atoms with Gasteiger partial charge in [-0.3, -0.25) is 14.2 Å². The fourth-order valence-electron chi connectivity index (χ4n) is 12.0. The van der Waals surface area contributed by atoms with Crippen LogP contribution in [0.1, 0.15) is 399 Å². The summed E-state index contributed by atoms with van der Waals surface area (Å²) in [6.45, 7) is 4.19. The zero-order valence-corrected chi connectivity index (χ0v) is 63.8. The summed E-state index contributed by atoms with van der Waals surface area (Å²) >= 11 is 0. The van der Waals surface area contributed by atoms with Gasteiger partial charge in [0.05, 0.1) is 27.7 Å². The van der Waals surface area contributed by atoms with E-state index in [9.17, 15) is 19.0 Å². The molecule has 0 aliphatic heterocycles. The summed E-state index contributed by atoms with van der Waals surface area (Å²) in [6.07, 6.45) is 102. The maximum Gasteiger partial charge on any atom is 0.306 e. The van der Waals surface area contributed by atoms with Gasteiger partial charge in [0.25, 0.3) is 7.82 Å². The van der Waals surface area contributed by atoms with E-state index in [0.717, 1.165) is 64.2 Å². The van der Waals surface area contributed by atoms with Gasteiger partial charge in [-0.15, -0.1) is 0 Å². The summed E-state index contributed by atoms with van der Waals surface area (Å²) < 4.78 is 34.4. The number of esters is 2. The second-order valence-corrected chi connectivity index (χ2v) is 30.2. The fourth-order valence-corrected chi connectivity index (χ4v) is 12.8. The molecule has 0 amide bonds. The van der Waals surface area contributed by atoms with E-state index in [1.165, 1.54) is 302 Å². The molecule has 0 radical (unpaired) electrons. The molecule has 9 nitrogen and oxygen atoms in total. The first-order chi connectivity index (χ1) is 46.0. The highest BCUT2D eigenvalue weighted by molar-refractivity contribution is 7.45. The predicted molar refractivity (Wildman–Crippen MR) is 406 cm³/mol. The highest BCUT2D eigenvalue weighted by atomic mass is 31.2. The fraction of sp³-hybridized carbons (Fsp3) is 0.833. The third-order valence-electron chi connectivity index (χ3n) is 18.2. The maximum atomic E-state index is 12.9. The predicted octanol–water partition coefficient (Wildman–Crippen LogP) is 26.4. The average Bonchev–Trinajstić information content (AvgIpc) is 1.68. The molecule has 0 aromatic carbocycles. The van der Waals surface area contributed by atoms with E-state index < -0.39 is 26.5 Å². The number of unbranched alkanes of at least 4 members (excludes halogenated alkanes) is 50. The largest absolute Gasteiger partial charge is 0.756 e. The van der Waals surface area contributed by atoms with E-state index in [-0.39, 0.29) is 32.0 Å². The number of ether oxygens (including phenoxy) is 2. The van der Waals surface area contributed by atoms with E-state index in [2.05, 4.69) is 86.8 Å². The number of rotatable bonds is 76. The Balaban J connectivity index is 3.91. The monoisotopic (exact) mass is 1340 g/mol. The molecule has 0 aliphatic rings. The highest BCUT2D eigenvalue weighted by Crippen LogP contribution is 2.38. The maximum absolute atomic E-state index is 12.9. The number of quaternary nitrogens is 1. The topological polar surface area (TPSA) is 111 Å². The zero-order chi connectivity index (χ0) is 68.3. The van der Waals surface area contributed by atoms with Gasteiger partial charge in [-0.25, -0.2) is 0 Å². The van der Waals surface area contributed by atoms with Crippen LogP contribution < -0.4 is 4.89 Å². The van der Waals surface area contributed by atoms with Crippen LogP contribution in [0.5, 0.6) is 0 Å². The van der Waals surface area contributed by atoms with E-state index in [1.807, 2.05) is 21.1 Å². The molecule has 10 heteroatoms. The minimum atomic E-state index is -4.64. The van der Waals surface area contributed by atoms with Crippen LogP contribution in [-0.4, -0.2) is 70.0 Å². The van der Waals surface area contributed by atoms with Crippen LogP contribution in [0.25, 0.3) is 0 Å². The SMILES string of the molecule is CC/C=C\C/C=C\C/C=C\C/C=C\CCCCCCCCCCCCCCCCCCCCCCCCC(=O)OC(COC(=O)CCCCCCCCCCCCCCCCCCCCCCCCC/C=C\C/C=C\CCCCCCC)COP(=O)([O-])OCC[N+](C)(C)C. The molecule has 0 fully saturated rings. The Hall–Kier alpha value is -2.55. The first-order valence-electron chi connectivity index (χ1n) is 40.6. The molecule has 0 heterocycles. The first kappa shape index (κ1) is 91.4. The zero-order valence-electron chi connectivity index (χ0n) is 62.9. The number of nitrogens with zero attached hydrogens (tertiary/aromatic N) is 1. The Kier molecular flexibility index (Phi) is 72.6. The summed E-state index contributed by atoms with van der Waals surface area (Å²) in [5, 5.41) is 0. The van der Waals surface area contributed by atoms with Crippen molar-refractivity contribution in [1.82, 2.24) is 0 Å². The van der Waals surface area contributed by atoms with Crippen molar-refractivity contribution in [3.63, 3.8) is 0 Å². The summed E-state index contributed by atoms with van der Waals surface area (Å²) in [6, 6.07) is 0. The molecule has 550 valence electrons. The summed E-state index contributed by atoms with van der Waals surface area (Å²) in [4.78, 5) is 38.2. The van der Waals surface area contributed by atoms with Crippen LogP contribution in [0, 0.1) is 0 Å². The van der Waals surface area contributed by atoms with Crippen molar-refractivity contribution in [2.24, 2.45) is 0 Å². The van der Waals surface area contributed by atoms with Gasteiger partial charge in [0, 0.05) is 12.8 Å². The van der Waals surface area contributed by atoms with Gasteiger partial charge in [-0.2, -0.15) is 0 Å². The Morgan fingerprint density at radius 2 is 0.606 bits per heavy atom. The van der Waals surface area contributed by atoms with Crippen LogP contribution in [-0.2, 0) is 32.7 Å². The van der Waals surface area contributed by atoms with E-state index in [1.54, 1.807) is 0 Å². The molecule has 0 bridgehead atoms. The molecule has 2 atom stereocenters. The minimum Gasteiger partial charge on any atom is -0.756 e. The number of phosphoric acid groups is 1. The molecule has 0 aliphatic carbocycles. The average molecular weight is 1340 g/mol. The second-order valence-electron chi connectivity index (χ2n) is 28.8. The molecular weight excluding hydrogens is 1180 g/mol. The molecule has 0 saturated heterocycles. The third-order valence-corrected chi connectivity index (χ3v) is 19.2. The van der Waals surface area contributed by atoms with Gasteiger partial charge in [-0.1, -0.05) is 376 Å². The molecule has 0 rings (SSSR count). The van der Waals surface area contributed by atoms with Crippen molar-refractivity contribution in [1.29, 1.82) is 0 Å². The second kappa shape index (κ2) is 74.7. The molecule has 0 saturated carbocycles. The summed E-state index contributed by atoms with van der Waals surface area (Å²) in [5.41, 5.74) is 0. The van der Waals surface area contributed by atoms with Crippen LogP contribution in [0.2, 0.25) is 0 Å². The molecule has 0 spiro atoms. The Bertz CT molecular complexity index is 1820. The normalized spacial score (nSPS) is 13.4. The van der Waals surface area contributed by atoms with Crippen LogP contribution >= 0.6 is 7.82 Å². The number of carbonyl (C=O) groups is 2. The van der Waals surface area contributed by atoms with Crippen molar-refractivity contribution >= 4 is 19.8 Å². The number of allylic oxidation sites excluding steroid dienone is 12. The Morgan fingerprint density at radius 3 is 0.904 bits per heavy atom. The van der Waals surface area contributed by atoms with Gasteiger partial charge < -0.3 is 27.9 Å². The van der Waals surface area contributed by atoms with Gasteiger partial charge in [-0.05, 0) is 83.5 Å². The number of phosphoric ester groups is 1. The van der Waals surface area contributed by atoms with Gasteiger partial charge in [0.1, 0.15) is 19.8 Å². The minimum absolute atomic E-state index is 0.0289. The highest BCUT2D eigenvalue weighted by Gasteiger charge is 2.22. The van der Waals surface area contributed by atoms with Crippen LogP contribution in [0.15, 0.2) is 72.9 Å². The molecule has 2 unspecified atom stereocenters. The molecular formula is C84H156NO8P. The standard InChI is InChI=1S/C84H156NO8P/c1-6-8-10-12-14-16-18-20-22-24-26-28-30-32-34-36-38-40-42-44-46-48-50-52-54-56-58-60-62-64-66-68-70-72-74-76-83(86)90-80-82(81-92-94(88,89)91-79-78-85(3,4)5)93-84(87)77-75-73-71-69-67-65-63-61-59-57-55-53-51-49-47-45-43-41-39-37-35-33-31-29-27-25-23-21-19-17-15-13-11-9-7-2/h9,11,15,17-18,20-21,23-24,26-27,29,82H,6-8,10,12-14,16,19,22,25,28,30-81H2,1-5H3/b11-9-,17-15-,20-18-,23-21-,26-24-,29-27-. The lowest BCUT2D eigenvalue weighted by Gasteiger charge is -2.28.